The molecule has 0 saturated heterocycles. The van der Waals surface area contributed by atoms with Crippen molar-refractivity contribution < 1.29 is 13.6 Å². The molecule has 0 radical (unpaired) electrons. The number of hydrogen-bond acceptors (Lipinski definition) is 2. The van der Waals surface area contributed by atoms with Crippen LogP contribution in [0.25, 0.3) is 0 Å². The van der Waals surface area contributed by atoms with E-state index in [9.17, 15) is 9.18 Å². The molecule has 2 rings (SSSR count). The molecule has 0 saturated carbocycles. The van der Waals surface area contributed by atoms with E-state index in [0.29, 0.717) is 10.0 Å². The van der Waals surface area contributed by atoms with Crippen LogP contribution in [0.4, 0.5) is 4.39 Å². The average molecular weight is 318 g/mol. The number of furan rings is 1. The maximum Gasteiger partial charge on any atom is 0.202 e. The van der Waals surface area contributed by atoms with Gasteiger partial charge in [0.15, 0.2) is 11.0 Å². The molecular weight excluding hydrogens is 310 g/mol. The summed E-state index contributed by atoms with van der Waals surface area (Å²) in [5.41, 5.74) is 0.578. The Morgan fingerprint density at radius 2 is 2.12 bits per heavy atom. The van der Waals surface area contributed by atoms with Crippen LogP contribution in [-0.2, 0) is 6.42 Å². The molecule has 0 aliphatic carbocycles. The second-order valence-electron chi connectivity index (χ2n) is 3.48. The van der Waals surface area contributed by atoms with Gasteiger partial charge < -0.3 is 4.42 Å². The number of benzene rings is 1. The van der Waals surface area contributed by atoms with Gasteiger partial charge in [0.1, 0.15) is 5.82 Å². The van der Waals surface area contributed by atoms with Gasteiger partial charge >= 0.3 is 0 Å². The summed E-state index contributed by atoms with van der Waals surface area (Å²) >= 11 is 8.74. The molecule has 88 valence electrons. The number of ketones is 1. The van der Waals surface area contributed by atoms with E-state index in [-0.39, 0.29) is 29.0 Å². The summed E-state index contributed by atoms with van der Waals surface area (Å²) in [5.74, 6) is -0.454. The van der Waals surface area contributed by atoms with Crippen LogP contribution in [0.3, 0.4) is 0 Å². The van der Waals surface area contributed by atoms with Crippen molar-refractivity contribution in [3.63, 3.8) is 0 Å². The van der Waals surface area contributed by atoms with E-state index >= 15 is 0 Å². The highest BCUT2D eigenvalue weighted by molar-refractivity contribution is 9.10. The number of Topliss-reactive ketones (excluding diaryl/α,β-unsaturated/α-hetero) is 1. The second kappa shape index (κ2) is 5.02. The third-order valence-corrected chi connectivity index (χ3v) is 2.80. The summed E-state index contributed by atoms with van der Waals surface area (Å²) in [5, 5.41) is 0.161. The van der Waals surface area contributed by atoms with Gasteiger partial charge in [-0.05, 0) is 47.5 Å². The smallest absolute Gasteiger partial charge is 0.202 e. The molecule has 0 amide bonds. The Labute approximate surface area is 111 Å². The summed E-state index contributed by atoms with van der Waals surface area (Å²) < 4.78 is 18.7. The Bertz CT molecular complexity index is 545. The monoisotopic (exact) mass is 316 g/mol. The highest BCUT2D eigenvalue weighted by Gasteiger charge is 2.12. The largest absolute Gasteiger partial charge is 0.442 e. The summed E-state index contributed by atoms with van der Waals surface area (Å²) in [6.45, 7) is 0. The molecule has 0 fully saturated rings. The van der Waals surface area contributed by atoms with Gasteiger partial charge in [-0.25, -0.2) is 4.39 Å². The molecule has 0 N–H and O–H groups in total. The zero-order chi connectivity index (χ0) is 12.4. The molecule has 0 atom stereocenters. The first-order valence-electron chi connectivity index (χ1n) is 4.78. The Balaban J connectivity index is 2.18. The van der Waals surface area contributed by atoms with Crippen molar-refractivity contribution in [1.29, 1.82) is 0 Å². The van der Waals surface area contributed by atoms with Crippen LogP contribution in [-0.4, -0.2) is 5.78 Å². The fourth-order valence-corrected chi connectivity index (χ4v) is 2.11. The SMILES string of the molecule is O=C(Cc1cc(F)cc(Br)c1)c1ccc(Cl)o1. The van der Waals surface area contributed by atoms with Gasteiger partial charge in [-0.15, -0.1) is 0 Å². The minimum atomic E-state index is -0.389. The quantitative estimate of drug-likeness (QED) is 0.792. The lowest BCUT2D eigenvalue weighted by Crippen LogP contribution is -2.02. The second-order valence-corrected chi connectivity index (χ2v) is 4.77. The van der Waals surface area contributed by atoms with E-state index in [1.165, 1.54) is 24.3 Å². The molecule has 1 heterocycles. The van der Waals surface area contributed by atoms with Crippen molar-refractivity contribution in [2.75, 3.05) is 0 Å². The molecule has 17 heavy (non-hydrogen) atoms. The first kappa shape index (κ1) is 12.3. The normalized spacial score (nSPS) is 10.5. The van der Waals surface area contributed by atoms with Gasteiger partial charge in [-0.1, -0.05) is 15.9 Å². The summed E-state index contributed by atoms with van der Waals surface area (Å²) in [4.78, 5) is 11.8. The van der Waals surface area contributed by atoms with Crippen molar-refractivity contribution in [3.05, 3.63) is 57.2 Å². The standard InChI is InChI=1S/C12H7BrClFO2/c13-8-3-7(4-9(15)6-8)5-10(16)11-1-2-12(14)17-11/h1-4,6H,5H2. The van der Waals surface area contributed by atoms with Gasteiger partial charge in [0, 0.05) is 10.9 Å². The lowest BCUT2D eigenvalue weighted by molar-refractivity contribution is 0.0966. The summed E-state index contributed by atoms with van der Waals surface area (Å²) in [6.07, 6.45) is 0.0696. The van der Waals surface area contributed by atoms with Gasteiger partial charge in [0.05, 0.1) is 0 Å². The Morgan fingerprint density at radius 1 is 1.35 bits per heavy atom. The van der Waals surface area contributed by atoms with Crippen LogP contribution in [0.2, 0.25) is 5.22 Å². The minimum absolute atomic E-state index is 0.0696. The molecular formula is C12H7BrClFO2. The molecule has 0 aliphatic heterocycles. The maximum absolute atomic E-state index is 13.1. The lowest BCUT2D eigenvalue weighted by Gasteiger charge is -2.00. The highest BCUT2D eigenvalue weighted by atomic mass is 79.9. The predicted octanol–water partition coefficient (Wildman–Crippen LogP) is 4.26. The molecule has 0 aliphatic rings. The molecule has 0 unspecified atom stereocenters. The van der Waals surface area contributed by atoms with Crippen LogP contribution in [0.1, 0.15) is 16.1 Å². The first-order chi connectivity index (χ1) is 8.04. The number of carbonyl (C=O) groups excluding carboxylic acids is 1. The van der Waals surface area contributed by atoms with Crippen LogP contribution in [0.15, 0.2) is 39.2 Å². The highest BCUT2D eigenvalue weighted by Crippen LogP contribution is 2.18. The van der Waals surface area contributed by atoms with Crippen LogP contribution in [0.5, 0.6) is 0 Å². The average Bonchev–Trinajstić information content (AvgIpc) is 2.63. The summed E-state index contributed by atoms with van der Waals surface area (Å²) in [7, 11) is 0. The van der Waals surface area contributed by atoms with Gasteiger partial charge in [0.25, 0.3) is 0 Å². The summed E-state index contributed by atoms with van der Waals surface area (Å²) in [6, 6.07) is 7.33. The molecule has 0 bridgehead atoms. The van der Waals surface area contributed by atoms with Crippen LogP contribution < -0.4 is 0 Å². The minimum Gasteiger partial charge on any atom is -0.442 e. The predicted molar refractivity (Wildman–Crippen MR) is 65.9 cm³/mol. The Kier molecular flexibility index (Phi) is 3.64. The van der Waals surface area contributed by atoms with Gasteiger partial charge in [0.2, 0.25) is 5.78 Å². The van der Waals surface area contributed by atoms with Crippen molar-refractivity contribution in [3.8, 4) is 0 Å². The van der Waals surface area contributed by atoms with Gasteiger partial charge in [-0.2, -0.15) is 0 Å². The Hall–Kier alpha value is -1.13. The van der Waals surface area contributed by atoms with E-state index in [4.69, 9.17) is 16.0 Å². The van der Waals surface area contributed by atoms with Crippen LogP contribution in [0, 0.1) is 5.82 Å². The third kappa shape index (κ3) is 3.17. The maximum atomic E-state index is 13.1. The third-order valence-electron chi connectivity index (χ3n) is 2.14. The molecule has 1 aromatic heterocycles. The molecule has 1 aromatic carbocycles. The zero-order valence-electron chi connectivity index (χ0n) is 8.54. The number of carbonyl (C=O) groups is 1. The number of halogens is 3. The molecule has 2 nitrogen and oxygen atoms in total. The molecule has 2 aromatic rings. The zero-order valence-corrected chi connectivity index (χ0v) is 10.9. The van der Waals surface area contributed by atoms with Gasteiger partial charge in [-0.3, -0.25) is 4.79 Å². The van der Waals surface area contributed by atoms with Crippen LogP contribution >= 0.6 is 27.5 Å². The fraction of sp³-hybridized carbons (Fsp3) is 0.0833. The van der Waals surface area contributed by atoms with E-state index in [2.05, 4.69) is 15.9 Å². The number of hydrogen-bond donors (Lipinski definition) is 0. The fourth-order valence-electron chi connectivity index (χ4n) is 1.45. The van der Waals surface area contributed by atoms with Crippen molar-refractivity contribution >= 4 is 33.3 Å². The Morgan fingerprint density at radius 3 is 2.71 bits per heavy atom. The van der Waals surface area contributed by atoms with Crippen molar-refractivity contribution in [1.82, 2.24) is 0 Å². The number of rotatable bonds is 3. The molecule has 5 heteroatoms. The topological polar surface area (TPSA) is 30.2 Å². The van der Waals surface area contributed by atoms with Crippen molar-refractivity contribution in [2.24, 2.45) is 0 Å². The molecule has 0 spiro atoms. The van der Waals surface area contributed by atoms with Crippen molar-refractivity contribution in [2.45, 2.75) is 6.42 Å². The van der Waals surface area contributed by atoms with E-state index in [1.54, 1.807) is 6.07 Å². The van der Waals surface area contributed by atoms with E-state index in [1.807, 2.05) is 0 Å². The van der Waals surface area contributed by atoms with E-state index in [0.717, 1.165) is 0 Å². The van der Waals surface area contributed by atoms with E-state index < -0.39 is 0 Å². The lowest BCUT2D eigenvalue weighted by atomic mass is 10.1. The first-order valence-corrected chi connectivity index (χ1v) is 5.95.